The van der Waals surface area contributed by atoms with Crippen molar-refractivity contribution in [3.8, 4) is 0 Å². The molecule has 2 fully saturated rings. The van der Waals surface area contributed by atoms with E-state index in [1.807, 2.05) is 24.0 Å². The fourth-order valence-corrected chi connectivity index (χ4v) is 5.57. The summed E-state index contributed by atoms with van der Waals surface area (Å²) in [4.78, 5) is 14.2. The third kappa shape index (κ3) is 5.33. The van der Waals surface area contributed by atoms with E-state index in [0.29, 0.717) is 50.1 Å². The Labute approximate surface area is 169 Å². The number of piperazine rings is 1. The molecular weight excluding hydrogens is 374 g/mol. The molecule has 1 aliphatic carbocycles. The van der Waals surface area contributed by atoms with Crippen LogP contribution in [0.15, 0.2) is 29.2 Å². The van der Waals surface area contributed by atoms with Crippen LogP contribution in [0.4, 0.5) is 0 Å². The molecule has 1 aliphatic heterocycles. The first kappa shape index (κ1) is 21.3. The average Bonchev–Trinajstić information content (AvgIpc) is 2.73. The minimum Gasteiger partial charge on any atom is -0.355 e. The van der Waals surface area contributed by atoms with Gasteiger partial charge in [0, 0.05) is 32.7 Å². The zero-order chi connectivity index (χ0) is 20.0. The number of sulfonamides is 1. The van der Waals surface area contributed by atoms with E-state index in [1.54, 1.807) is 16.4 Å². The Balaban J connectivity index is 1.55. The number of amides is 1. The Morgan fingerprint density at radius 2 is 1.68 bits per heavy atom. The lowest BCUT2D eigenvalue weighted by molar-refractivity contribution is -0.122. The minimum atomic E-state index is -3.47. The fourth-order valence-electron chi connectivity index (χ4n) is 4.15. The quantitative estimate of drug-likeness (QED) is 0.754. The molecule has 0 radical (unpaired) electrons. The number of rotatable bonds is 7. The van der Waals surface area contributed by atoms with E-state index in [2.05, 4.69) is 5.32 Å². The summed E-state index contributed by atoms with van der Waals surface area (Å²) in [5.41, 5.74) is 1.27. The highest BCUT2D eigenvalue weighted by atomic mass is 32.2. The molecule has 1 saturated heterocycles. The molecule has 0 aromatic heterocycles. The van der Waals surface area contributed by atoms with Crippen LogP contribution in [0.25, 0.3) is 0 Å². The predicted molar refractivity (Wildman–Crippen MR) is 111 cm³/mol. The fraction of sp³-hybridized carbons (Fsp3) is 0.667. The lowest BCUT2D eigenvalue weighted by Gasteiger charge is -2.33. The van der Waals surface area contributed by atoms with Crippen molar-refractivity contribution in [3.05, 3.63) is 29.8 Å². The van der Waals surface area contributed by atoms with Gasteiger partial charge in [0.25, 0.3) is 0 Å². The molecule has 2 aliphatic rings. The summed E-state index contributed by atoms with van der Waals surface area (Å²) in [6.45, 7) is 5.05. The molecule has 1 aromatic rings. The van der Waals surface area contributed by atoms with Crippen molar-refractivity contribution in [3.63, 3.8) is 0 Å². The van der Waals surface area contributed by atoms with Gasteiger partial charge in [-0.2, -0.15) is 4.31 Å². The van der Waals surface area contributed by atoms with Crippen LogP contribution in [0.1, 0.15) is 56.9 Å². The van der Waals surface area contributed by atoms with Crippen LogP contribution >= 0.6 is 0 Å². The van der Waals surface area contributed by atoms with E-state index >= 15 is 0 Å². The first-order chi connectivity index (χ1) is 13.5. The maximum absolute atomic E-state index is 13.0. The van der Waals surface area contributed by atoms with Crippen LogP contribution in [0.3, 0.4) is 0 Å². The summed E-state index contributed by atoms with van der Waals surface area (Å²) in [6.07, 6.45) is 7.18. The van der Waals surface area contributed by atoms with E-state index in [0.717, 1.165) is 6.42 Å². The van der Waals surface area contributed by atoms with Gasteiger partial charge in [-0.05, 0) is 42.9 Å². The summed E-state index contributed by atoms with van der Waals surface area (Å²) >= 11 is 0. The summed E-state index contributed by atoms with van der Waals surface area (Å²) in [6, 6.07) is 7.53. The lowest BCUT2D eigenvalue weighted by atomic mass is 9.84. The first-order valence-electron chi connectivity index (χ1n) is 10.6. The van der Waals surface area contributed by atoms with Gasteiger partial charge in [-0.3, -0.25) is 9.69 Å². The number of nitrogens with zero attached hydrogens (tertiary/aromatic N) is 2. The monoisotopic (exact) mass is 407 g/mol. The van der Waals surface area contributed by atoms with Gasteiger partial charge in [-0.15, -0.1) is 0 Å². The minimum absolute atomic E-state index is 0.0106. The zero-order valence-electron chi connectivity index (χ0n) is 16.9. The molecule has 0 bridgehead atoms. The van der Waals surface area contributed by atoms with Crippen molar-refractivity contribution in [2.45, 2.75) is 56.3 Å². The summed E-state index contributed by atoms with van der Waals surface area (Å²) in [5.74, 6) is 0.587. The van der Waals surface area contributed by atoms with Crippen LogP contribution < -0.4 is 5.32 Å². The number of hydrogen-bond acceptors (Lipinski definition) is 4. The van der Waals surface area contributed by atoms with Crippen molar-refractivity contribution in [2.75, 3.05) is 39.3 Å². The Hall–Kier alpha value is -1.44. The van der Waals surface area contributed by atoms with E-state index < -0.39 is 10.0 Å². The highest BCUT2D eigenvalue weighted by Gasteiger charge is 2.29. The van der Waals surface area contributed by atoms with Gasteiger partial charge in [0.05, 0.1) is 11.4 Å². The molecule has 1 amide bonds. The molecule has 3 rings (SSSR count). The highest BCUT2D eigenvalue weighted by Crippen LogP contribution is 2.33. The number of benzene rings is 1. The van der Waals surface area contributed by atoms with Crippen LogP contribution in [0.2, 0.25) is 0 Å². The van der Waals surface area contributed by atoms with Gasteiger partial charge in [-0.1, -0.05) is 38.3 Å². The van der Waals surface area contributed by atoms with Crippen LogP contribution in [-0.4, -0.2) is 62.8 Å². The Morgan fingerprint density at radius 3 is 2.29 bits per heavy atom. The van der Waals surface area contributed by atoms with Gasteiger partial charge in [-0.25, -0.2) is 8.42 Å². The van der Waals surface area contributed by atoms with Gasteiger partial charge < -0.3 is 5.32 Å². The second-order valence-electron chi connectivity index (χ2n) is 7.93. The maximum Gasteiger partial charge on any atom is 0.243 e. The van der Waals surface area contributed by atoms with Crippen LogP contribution in [0, 0.1) is 0 Å². The number of carbonyl (C=O) groups excluding carboxylic acids is 1. The SMILES string of the molecule is CCCNC(=O)CN1CCN(S(=O)(=O)c2ccc(C3CCCCC3)cc2)CC1. The van der Waals surface area contributed by atoms with Gasteiger partial charge >= 0.3 is 0 Å². The number of nitrogens with one attached hydrogen (secondary N) is 1. The molecule has 0 unspecified atom stereocenters. The first-order valence-corrected chi connectivity index (χ1v) is 12.0. The lowest BCUT2D eigenvalue weighted by Crippen LogP contribution is -2.51. The normalized spacial score (nSPS) is 20.2. The van der Waals surface area contributed by atoms with E-state index in [9.17, 15) is 13.2 Å². The average molecular weight is 408 g/mol. The number of carbonyl (C=O) groups is 1. The second kappa shape index (κ2) is 9.85. The third-order valence-electron chi connectivity index (χ3n) is 5.87. The molecule has 1 aromatic carbocycles. The molecule has 7 heteroatoms. The topological polar surface area (TPSA) is 69.7 Å². The molecule has 156 valence electrons. The molecule has 6 nitrogen and oxygen atoms in total. The molecule has 1 heterocycles. The van der Waals surface area contributed by atoms with Gasteiger partial charge in [0.2, 0.25) is 15.9 Å². The summed E-state index contributed by atoms with van der Waals surface area (Å²) in [7, 11) is -3.47. The van der Waals surface area contributed by atoms with Gasteiger partial charge in [0.1, 0.15) is 0 Å². The molecule has 0 atom stereocenters. The molecular formula is C21H33N3O3S. The van der Waals surface area contributed by atoms with E-state index in [1.165, 1.54) is 37.7 Å². The van der Waals surface area contributed by atoms with Crippen LogP contribution in [-0.2, 0) is 14.8 Å². The van der Waals surface area contributed by atoms with Gasteiger partial charge in [0.15, 0.2) is 0 Å². The standard InChI is InChI=1S/C21H33N3O3S/c1-2-12-22-21(25)17-23-13-15-24(16-14-23)28(26,27)20-10-8-19(9-11-20)18-6-4-3-5-7-18/h8-11,18H,2-7,12-17H2,1H3,(H,22,25). The Bertz CT molecular complexity index is 735. The van der Waals surface area contributed by atoms with Crippen molar-refractivity contribution >= 4 is 15.9 Å². The smallest absolute Gasteiger partial charge is 0.243 e. The summed E-state index contributed by atoms with van der Waals surface area (Å²) in [5, 5.41) is 2.87. The van der Waals surface area contributed by atoms with Crippen molar-refractivity contribution in [1.82, 2.24) is 14.5 Å². The van der Waals surface area contributed by atoms with Crippen molar-refractivity contribution in [2.24, 2.45) is 0 Å². The van der Waals surface area contributed by atoms with Crippen molar-refractivity contribution < 1.29 is 13.2 Å². The van der Waals surface area contributed by atoms with E-state index in [4.69, 9.17) is 0 Å². The number of hydrogen-bond donors (Lipinski definition) is 1. The third-order valence-corrected chi connectivity index (χ3v) is 7.78. The maximum atomic E-state index is 13.0. The second-order valence-corrected chi connectivity index (χ2v) is 9.87. The van der Waals surface area contributed by atoms with E-state index in [-0.39, 0.29) is 5.91 Å². The van der Waals surface area contributed by atoms with Crippen LogP contribution in [0.5, 0.6) is 0 Å². The Kier molecular flexibility index (Phi) is 7.48. The Morgan fingerprint density at radius 1 is 1.04 bits per heavy atom. The zero-order valence-corrected chi connectivity index (χ0v) is 17.7. The molecule has 1 saturated carbocycles. The highest BCUT2D eigenvalue weighted by molar-refractivity contribution is 7.89. The molecule has 28 heavy (non-hydrogen) atoms. The molecule has 0 spiro atoms. The largest absolute Gasteiger partial charge is 0.355 e. The van der Waals surface area contributed by atoms with Crippen molar-refractivity contribution in [1.29, 1.82) is 0 Å². The summed E-state index contributed by atoms with van der Waals surface area (Å²) < 4.78 is 27.5. The molecule has 1 N–H and O–H groups in total. The predicted octanol–water partition coefficient (Wildman–Crippen LogP) is 2.57.